The van der Waals surface area contributed by atoms with Gasteiger partial charge in [-0.1, -0.05) is 19.9 Å². The zero-order chi connectivity index (χ0) is 21.0. The highest BCUT2D eigenvalue weighted by molar-refractivity contribution is 6.31. The van der Waals surface area contributed by atoms with E-state index in [2.05, 4.69) is 5.32 Å². The number of hydrogen-bond donors (Lipinski definition) is 1. The molecule has 0 spiro atoms. The van der Waals surface area contributed by atoms with Crippen LogP contribution in [0.5, 0.6) is 0 Å². The molecule has 1 aliphatic heterocycles. The lowest BCUT2D eigenvalue weighted by Gasteiger charge is -2.26. The number of urea groups is 1. The Kier molecular flexibility index (Phi) is 6.50. The molecule has 0 atom stereocenters. The Morgan fingerprint density at radius 2 is 1.93 bits per heavy atom. The number of rotatable bonds is 7. The summed E-state index contributed by atoms with van der Waals surface area (Å²) in [4.78, 5) is 50.2. The zero-order valence-electron chi connectivity index (χ0n) is 16.4. The first-order valence-corrected chi connectivity index (χ1v) is 8.96. The van der Waals surface area contributed by atoms with Crippen LogP contribution in [0.15, 0.2) is 23.8 Å². The summed E-state index contributed by atoms with van der Waals surface area (Å²) in [5, 5.41) is 13.5. The summed E-state index contributed by atoms with van der Waals surface area (Å²) in [6, 6.07) is 3.67. The summed E-state index contributed by atoms with van der Waals surface area (Å²) < 4.78 is 0. The average Bonchev–Trinajstić information content (AvgIpc) is 2.60. The lowest BCUT2D eigenvalue weighted by Crippen LogP contribution is -2.54. The molecule has 9 nitrogen and oxygen atoms in total. The minimum Gasteiger partial charge on any atom is -0.372 e. The fourth-order valence-corrected chi connectivity index (χ4v) is 2.88. The van der Waals surface area contributed by atoms with Crippen molar-refractivity contribution in [1.29, 1.82) is 0 Å². The molecule has 0 radical (unpaired) electrons. The van der Waals surface area contributed by atoms with Crippen LogP contribution in [0, 0.1) is 16.0 Å². The van der Waals surface area contributed by atoms with Gasteiger partial charge < -0.3 is 4.90 Å². The second kappa shape index (κ2) is 8.64. The summed E-state index contributed by atoms with van der Waals surface area (Å²) in [5.74, 6) is -1.08. The molecule has 1 saturated heterocycles. The van der Waals surface area contributed by atoms with Crippen LogP contribution < -0.4 is 10.2 Å². The molecule has 0 unspecified atom stereocenters. The first-order valence-electron chi connectivity index (χ1n) is 8.96. The molecule has 28 heavy (non-hydrogen) atoms. The van der Waals surface area contributed by atoms with E-state index < -0.39 is 22.8 Å². The van der Waals surface area contributed by atoms with Gasteiger partial charge in [0.25, 0.3) is 17.5 Å². The molecule has 9 heteroatoms. The fraction of sp³-hybridized carbons (Fsp3) is 0.421. The van der Waals surface area contributed by atoms with E-state index in [1.54, 1.807) is 31.1 Å². The monoisotopic (exact) mass is 388 g/mol. The quantitative estimate of drug-likeness (QED) is 0.332. The highest BCUT2D eigenvalue weighted by Gasteiger charge is 2.35. The van der Waals surface area contributed by atoms with E-state index in [-0.39, 0.29) is 17.8 Å². The number of carbonyl (C=O) groups is 3. The van der Waals surface area contributed by atoms with Crippen LogP contribution >= 0.6 is 0 Å². The standard InChI is InChI=1S/C19H24N4O5/c1-12(2)6-5-9-22-18(25)14(17(24)20-19(22)26)10-13-7-8-15(21(3)4)16(11-13)23(27)28/h7-8,10-12H,5-6,9H2,1-4H3,(H,20,24,26)/b14-10+. The number of hydrogen-bond acceptors (Lipinski definition) is 6. The summed E-state index contributed by atoms with van der Waals surface area (Å²) in [5.41, 5.74) is 0.355. The van der Waals surface area contributed by atoms with Crippen molar-refractivity contribution in [3.63, 3.8) is 0 Å². The van der Waals surface area contributed by atoms with E-state index in [0.29, 0.717) is 23.6 Å². The van der Waals surface area contributed by atoms with Gasteiger partial charge in [-0.15, -0.1) is 0 Å². The number of nitrogens with zero attached hydrogens (tertiary/aromatic N) is 3. The van der Waals surface area contributed by atoms with Gasteiger partial charge >= 0.3 is 6.03 Å². The Morgan fingerprint density at radius 1 is 1.25 bits per heavy atom. The van der Waals surface area contributed by atoms with Gasteiger partial charge in [0.15, 0.2) is 0 Å². The maximum absolute atomic E-state index is 12.7. The van der Waals surface area contributed by atoms with Crippen LogP contribution in [0.3, 0.4) is 0 Å². The highest BCUT2D eigenvalue weighted by atomic mass is 16.6. The molecule has 2 rings (SSSR count). The van der Waals surface area contributed by atoms with Crippen molar-refractivity contribution in [1.82, 2.24) is 10.2 Å². The maximum Gasteiger partial charge on any atom is 0.331 e. The molecule has 4 amide bonds. The van der Waals surface area contributed by atoms with Gasteiger partial charge in [0.1, 0.15) is 11.3 Å². The number of anilines is 1. The van der Waals surface area contributed by atoms with Gasteiger partial charge in [0.2, 0.25) is 0 Å². The molecule has 1 aromatic rings. The third kappa shape index (κ3) is 4.73. The highest BCUT2D eigenvalue weighted by Crippen LogP contribution is 2.29. The molecule has 0 aromatic heterocycles. The Labute approximate surface area is 163 Å². The summed E-state index contributed by atoms with van der Waals surface area (Å²) in [7, 11) is 3.36. The van der Waals surface area contributed by atoms with E-state index >= 15 is 0 Å². The first kappa shape index (κ1) is 21.1. The van der Waals surface area contributed by atoms with Crippen molar-refractivity contribution < 1.29 is 19.3 Å². The Hall–Kier alpha value is -3.23. The number of barbiturate groups is 1. The van der Waals surface area contributed by atoms with Crippen LogP contribution in [-0.4, -0.2) is 48.3 Å². The normalized spacial score (nSPS) is 16.0. The minimum absolute atomic E-state index is 0.145. The van der Waals surface area contributed by atoms with Crippen molar-refractivity contribution in [3.8, 4) is 0 Å². The molecule has 1 heterocycles. The average molecular weight is 388 g/mol. The fourth-order valence-electron chi connectivity index (χ4n) is 2.88. The molecule has 0 aliphatic carbocycles. The van der Waals surface area contributed by atoms with E-state index in [1.807, 2.05) is 13.8 Å². The second-order valence-electron chi connectivity index (χ2n) is 7.21. The van der Waals surface area contributed by atoms with Gasteiger partial charge in [-0.3, -0.25) is 29.9 Å². The van der Waals surface area contributed by atoms with Crippen LogP contribution in [0.4, 0.5) is 16.2 Å². The smallest absolute Gasteiger partial charge is 0.331 e. The van der Waals surface area contributed by atoms with Gasteiger partial charge in [0.05, 0.1) is 4.92 Å². The number of nitrogens with one attached hydrogen (secondary N) is 1. The minimum atomic E-state index is -0.811. The third-order valence-corrected chi connectivity index (χ3v) is 4.34. The predicted octanol–water partition coefficient (Wildman–Crippen LogP) is 2.56. The number of amides is 4. The van der Waals surface area contributed by atoms with Gasteiger partial charge in [-0.05, 0) is 36.5 Å². The first-order chi connectivity index (χ1) is 13.1. The van der Waals surface area contributed by atoms with E-state index in [0.717, 1.165) is 11.3 Å². The van der Waals surface area contributed by atoms with Crippen molar-refractivity contribution in [2.24, 2.45) is 5.92 Å². The van der Waals surface area contributed by atoms with Crippen molar-refractivity contribution in [2.75, 3.05) is 25.5 Å². The third-order valence-electron chi connectivity index (χ3n) is 4.34. The summed E-state index contributed by atoms with van der Waals surface area (Å²) >= 11 is 0. The molecule has 0 bridgehead atoms. The molecule has 1 fully saturated rings. The van der Waals surface area contributed by atoms with Crippen molar-refractivity contribution >= 4 is 35.3 Å². The topological polar surface area (TPSA) is 113 Å². The number of nitro benzene ring substituents is 1. The largest absolute Gasteiger partial charge is 0.372 e. The summed E-state index contributed by atoms with van der Waals surface area (Å²) in [6.07, 6.45) is 2.73. The van der Waals surface area contributed by atoms with Gasteiger partial charge in [-0.2, -0.15) is 0 Å². The second-order valence-corrected chi connectivity index (χ2v) is 7.21. The molecule has 1 aromatic carbocycles. The zero-order valence-corrected chi connectivity index (χ0v) is 16.4. The number of nitro groups is 1. The van der Waals surface area contributed by atoms with Gasteiger partial charge in [0, 0.05) is 26.7 Å². The summed E-state index contributed by atoms with van der Waals surface area (Å²) in [6.45, 7) is 4.28. The molecule has 0 saturated carbocycles. The van der Waals surface area contributed by atoms with E-state index in [9.17, 15) is 24.5 Å². The van der Waals surface area contributed by atoms with Gasteiger partial charge in [-0.25, -0.2) is 4.79 Å². The van der Waals surface area contributed by atoms with E-state index in [4.69, 9.17) is 0 Å². The van der Waals surface area contributed by atoms with Crippen LogP contribution in [0.25, 0.3) is 6.08 Å². The van der Waals surface area contributed by atoms with Crippen molar-refractivity contribution in [2.45, 2.75) is 26.7 Å². The van der Waals surface area contributed by atoms with Crippen molar-refractivity contribution in [3.05, 3.63) is 39.4 Å². The lowest BCUT2D eigenvalue weighted by molar-refractivity contribution is -0.384. The molecular weight excluding hydrogens is 364 g/mol. The Bertz CT molecular complexity index is 845. The van der Waals surface area contributed by atoms with E-state index in [1.165, 1.54) is 12.1 Å². The maximum atomic E-state index is 12.7. The molecule has 150 valence electrons. The number of carbonyl (C=O) groups excluding carboxylic acids is 3. The molecular formula is C19H24N4O5. The lowest BCUT2D eigenvalue weighted by atomic mass is 10.0. The molecule has 1 aliphatic rings. The van der Waals surface area contributed by atoms with Crippen LogP contribution in [-0.2, 0) is 9.59 Å². The SMILES string of the molecule is CC(C)CCCN1C(=O)NC(=O)/C(=C\c2ccc(N(C)C)c([N+](=O)[O-])c2)C1=O. The number of imide groups is 2. The van der Waals surface area contributed by atoms with Crippen LogP contribution in [0.2, 0.25) is 0 Å². The molecule has 1 N–H and O–H groups in total. The Morgan fingerprint density at radius 3 is 2.50 bits per heavy atom. The van der Waals surface area contributed by atoms with Crippen LogP contribution in [0.1, 0.15) is 32.3 Å². The predicted molar refractivity (Wildman–Crippen MR) is 105 cm³/mol. The Balaban J connectivity index is 2.34. The number of benzene rings is 1.